The molecule has 1 amide bonds. The largest absolute Gasteiger partial charge is 0.478 e. The molecule has 3 rings (SSSR count). The van der Waals surface area contributed by atoms with Crippen LogP contribution in [0.4, 0.5) is 0 Å². The fourth-order valence-electron chi connectivity index (χ4n) is 3.77. The van der Waals surface area contributed by atoms with E-state index in [9.17, 15) is 4.79 Å². The van der Waals surface area contributed by atoms with Crippen molar-refractivity contribution in [1.29, 1.82) is 0 Å². The lowest BCUT2D eigenvalue weighted by Crippen LogP contribution is -2.46. The van der Waals surface area contributed by atoms with E-state index in [2.05, 4.69) is 36.2 Å². The highest BCUT2D eigenvalue weighted by atomic mass is 35.5. The summed E-state index contributed by atoms with van der Waals surface area (Å²) in [6, 6.07) is 15.3. The zero-order valence-electron chi connectivity index (χ0n) is 18.2. The Bertz CT molecular complexity index is 844. The minimum atomic E-state index is -1.00. The quantitative estimate of drug-likeness (QED) is 0.706. The van der Waals surface area contributed by atoms with Crippen LogP contribution in [0.2, 0.25) is 5.02 Å². The monoisotopic (exact) mass is 430 g/mol. The molecule has 0 aliphatic carbocycles. The maximum Gasteiger partial charge on any atom is 0.263 e. The van der Waals surface area contributed by atoms with E-state index in [-0.39, 0.29) is 18.1 Å². The van der Waals surface area contributed by atoms with Gasteiger partial charge in [0.25, 0.3) is 5.91 Å². The molecule has 5 nitrogen and oxygen atoms in total. The normalized spacial score (nSPS) is 20.0. The van der Waals surface area contributed by atoms with Gasteiger partial charge >= 0.3 is 0 Å². The molecule has 2 aromatic carbocycles. The summed E-state index contributed by atoms with van der Waals surface area (Å²) in [4.78, 5) is 15.2. The van der Waals surface area contributed by atoms with Crippen molar-refractivity contribution in [3.63, 3.8) is 0 Å². The maximum atomic E-state index is 12.8. The fourth-order valence-corrected chi connectivity index (χ4v) is 3.90. The first kappa shape index (κ1) is 22.6. The molecule has 0 bridgehead atoms. The predicted octanol–water partition coefficient (Wildman–Crippen LogP) is 4.42. The average molecular weight is 431 g/mol. The number of nitrogens with one attached hydrogen (secondary N) is 1. The summed E-state index contributed by atoms with van der Waals surface area (Å²) in [5, 5.41) is 3.66. The van der Waals surface area contributed by atoms with Crippen LogP contribution < -0.4 is 10.1 Å². The van der Waals surface area contributed by atoms with Crippen LogP contribution in [0.3, 0.4) is 0 Å². The van der Waals surface area contributed by atoms with Crippen molar-refractivity contribution < 1.29 is 14.3 Å². The number of nitrogens with zero attached hydrogens (tertiary/aromatic N) is 1. The number of rotatable bonds is 7. The van der Waals surface area contributed by atoms with Gasteiger partial charge in [0.2, 0.25) is 0 Å². The molecule has 2 aromatic rings. The van der Waals surface area contributed by atoms with Crippen molar-refractivity contribution >= 4 is 17.5 Å². The van der Waals surface area contributed by atoms with Gasteiger partial charge in [-0.05, 0) is 63.1 Å². The van der Waals surface area contributed by atoms with Crippen LogP contribution in [0.5, 0.6) is 5.75 Å². The lowest BCUT2D eigenvalue weighted by molar-refractivity contribution is -0.134. The van der Waals surface area contributed by atoms with E-state index in [1.165, 1.54) is 5.56 Å². The van der Waals surface area contributed by atoms with Crippen LogP contribution in [0.1, 0.15) is 38.8 Å². The third-order valence-corrected chi connectivity index (χ3v) is 5.43. The van der Waals surface area contributed by atoms with Crippen LogP contribution in [0.25, 0.3) is 0 Å². The Kier molecular flexibility index (Phi) is 7.40. The van der Waals surface area contributed by atoms with Gasteiger partial charge in [0.1, 0.15) is 5.75 Å². The number of carbonyl (C=O) groups excluding carboxylic acids is 1. The van der Waals surface area contributed by atoms with E-state index in [4.69, 9.17) is 21.1 Å². The predicted molar refractivity (Wildman–Crippen MR) is 120 cm³/mol. The second-order valence-corrected chi connectivity index (χ2v) is 8.91. The van der Waals surface area contributed by atoms with Gasteiger partial charge < -0.3 is 14.8 Å². The van der Waals surface area contributed by atoms with Gasteiger partial charge in [0.05, 0.1) is 12.2 Å². The number of hydrogen-bond acceptors (Lipinski definition) is 4. The lowest BCUT2D eigenvalue weighted by atomic mass is 10.0. The number of morpholine rings is 1. The van der Waals surface area contributed by atoms with Crippen LogP contribution in [-0.4, -0.2) is 41.7 Å². The molecule has 2 atom stereocenters. The molecule has 0 radical (unpaired) electrons. The van der Waals surface area contributed by atoms with Crippen molar-refractivity contribution in [2.75, 3.05) is 13.1 Å². The fraction of sp³-hybridized carbons (Fsp3) is 0.458. The van der Waals surface area contributed by atoms with E-state index >= 15 is 0 Å². The summed E-state index contributed by atoms with van der Waals surface area (Å²) in [7, 11) is 0. The molecule has 6 heteroatoms. The SMILES string of the molecule is CC1CN(Cc2ccccc2CNC(=O)C(C)(C)Oc2ccc(Cl)cc2)CC(C)O1. The highest BCUT2D eigenvalue weighted by Gasteiger charge is 2.30. The van der Waals surface area contributed by atoms with Crippen molar-refractivity contribution in [2.45, 2.75) is 58.6 Å². The van der Waals surface area contributed by atoms with Crippen LogP contribution in [-0.2, 0) is 22.6 Å². The Labute approximate surface area is 184 Å². The van der Waals surface area contributed by atoms with E-state index < -0.39 is 5.60 Å². The smallest absolute Gasteiger partial charge is 0.263 e. The molecule has 1 fully saturated rings. The van der Waals surface area contributed by atoms with Crippen molar-refractivity contribution in [1.82, 2.24) is 10.2 Å². The van der Waals surface area contributed by atoms with Gasteiger partial charge in [-0.25, -0.2) is 0 Å². The van der Waals surface area contributed by atoms with Gasteiger partial charge in [-0.1, -0.05) is 35.9 Å². The number of halogens is 1. The van der Waals surface area contributed by atoms with E-state index in [0.717, 1.165) is 25.2 Å². The average Bonchev–Trinajstić information content (AvgIpc) is 2.68. The Hall–Kier alpha value is -2.08. The van der Waals surface area contributed by atoms with Crippen LogP contribution in [0.15, 0.2) is 48.5 Å². The van der Waals surface area contributed by atoms with Crippen LogP contribution >= 0.6 is 11.6 Å². The van der Waals surface area contributed by atoms with Gasteiger partial charge in [0, 0.05) is 31.2 Å². The number of hydrogen-bond donors (Lipinski definition) is 1. The minimum absolute atomic E-state index is 0.166. The standard InChI is InChI=1S/C24H31ClN2O3/c1-17-14-27(15-18(2)29-17)16-20-8-6-5-7-19(20)13-26-23(28)24(3,4)30-22-11-9-21(25)10-12-22/h5-12,17-18H,13-16H2,1-4H3,(H,26,28). The van der Waals surface area contributed by atoms with Gasteiger partial charge in [0.15, 0.2) is 5.60 Å². The molecule has 1 aliphatic heterocycles. The summed E-state index contributed by atoms with van der Waals surface area (Å²) in [5.74, 6) is 0.441. The maximum absolute atomic E-state index is 12.8. The summed E-state index contributed by atoms with van der Waals surface area (Å²) < 4.78 is 11.7. The molecule has 2 unspecified atom stereocenters. The first-order chi connectivity index (χ1) is 14.2. The van der Waals surface area contributed by atoms with Crippen molar-refractivity contribution in [3.05, 3.63) is 64.7 Å². The topological polar surface area (TPSA) is 50.8 Å². The lowest BCUT2D eigenvalue weighted by Gasteiger charge is -2.35. The number of amides is 1. The molecule has 1 heterocycles. The Morgan fingerprint density at radius 2 is 1.70 bits per heavy atom. The van der Waals surface area contributed by atoms with Gasteiger partial charge in [-0.2, -0.15) is 0 Å². The molecule has 0 spiro atoms. The Balaban J connectivity index is 1.61. The molecule has 1 N–H and O–H groups in total. The first-order valence-corrected chi connectivity index (χ1v) is 10.8. The zero-order chi connectivity index (χ0) is 21.7. The molecule has 1 aliphatic rings. The highest BCUT2D eigenvalue weighted by Crippen LogP contribution is 2.22. The Morgan fingerprint density at radius 3 is 2.33 bits per heavy atom. The molecule has 1 saturated heterocycles. The Morgan fingerprint density at radius 1 is 1.10 bits per heavy atom. The number of ether oxygens (including phenoxy) is 2. The van der Waals surface area contributed by atoms with Gasteiger partial charge in [-0.3, -0.25) is 9.69 Å². The molecular weight excluding hydrogens is 400 g/mol. The summed E-state index contributed by atoms with van der Waals surface area (Å²) >= 11 is 5.92. The third-order valence-electron chi connectivity index (χ3n) is 5.18. The molecule has 162 valence electrons. The van der Waals surface area contributed by atoms with Crippen molar-refractivity contribution in [2.24, 2.45) is 0 Å². The summed E-state index contributed by atoms with van der Waals surface area (Å²) in [6.45, 7) is 10.9. The summed E-state index contributed by atoms with van der Waals surface area (Å²) in [6.07, 6.45) is 0.456. The highest BCUT2D eigenvalue weighted by molar-refractivity contribution is 6.30. The minimum Gasteiger partial charge on any atom is -0.478 e. The van der Waals surface area contributed by atoms with Crippen LogP contribution in [0, 0.1) is 0 Å². The zero-order valence-corrected chi connectivity index (χ0v) is 18.9. The molecular formula is C24H31ClN2O3. The second-order valence-electron chi connectivity index (χ2n) is 8.47. The molecule has 0 aromatic heterocycles. The first-order valence-electron chi connectivity index (χ1n) is 10.4. The summed E-state index contributed by atoms with van der Waals surface area (Å²) in [5.41, 5.74) is 1.33. The number of carbonyl (C=O) groups is 1. The van der Waals surface area contributed by atoms with Crippen molar-refractivity contribution in [3.8, 4) is 5.75 Å². The second kappa shape index (κ2) is 9.82. The third kappa shape index (κ3) is 6.21. The number of benzene rings is 2. The van der Waals surface area contributed by atoms with Gasteiger partial charge in [-0.15, -0.1) is 0 Å². The van der Waals surface area contributed by atoms with E-state index in [1.54, 1.807) is 38.1 Å². The molecule has 30 heavy (non-hydrogen) atoms. The molecule has 0 saturated carbocycles. The van der Waals surface area contributed by atoms with E-state index in [0.29, 0.717) is 17.3 Å². The van der Waals surface area contributed by atoms with E-state index in [1.807, 2.05) is 12.1 Å².